The molecule has 5 rings (SSSR count). The van der Waals surface area contributed by atoms with Crippen LogP contribution in [0.4, 0.5) is 5.13 Å². The van der Waals surface area contributed by atoms with Crippen molar-refractivity contribution in [1.82, 2.24) is 4.98 Å². The van der Waals surface area contributed by atoms with Gasteiger partial charge in [0.2, 0.25) is 0 Å². The van der Waals surface area contributed by atoms with Crippen LogP contribution in [0.15, 0.2) is 23.1 Å². The normalized spacial score (nSPS) is 32.3. The molecule has 1 N–H and O–H groups in total. The molecule has 8 nitrogen and oxygen atoms in total. The molecule has 0 spiro atoms. The molecule has 10 heteroatoms. The van der Waals surface area contributed by atoms with Crippen molar-refractivity contribution in [2.24, 2.45) is 23.2 Å². The smallest absolute Gasteiger partial charge is 0.309 e. The van der Waals surface area contributed by atoms with Crippen LogP contribution in [0.25, 0.3) is 0 Å². The molecule has 2 aromatic rings. The first-order valence-corrected chi connectivity index (χ1v) is 13.8. The van der Waals surface area contributed by atoms with Gasteiger partial charge in [-0.15, -0.1) is 11.3 Å². The van der Waals surface area contributed by atoms with Gasteiger partial charge in [-0.25, -0.2) is 13.4 Å². The third-order valence-electron chi connectivity index (χ3n) is 8.04. The number of rotatable bonds is 5. The molecule has 2 aliphatic carbocycles. The van der Waals surface area contributed by atoms with E-state index in [2.05, 4.69) is 18.6 Å². The summed E-state index contributed by atoms with van der Waals surface area (Å²) in [6.07, 6.45) is 2.69. The number of methoxy groups -OCH3 is 2. The van der Waals surface area contributed by atoms with E-state index in [9.17, 15) is 13.2 Å². The number of hydrogen-bond donors (Lipinski definition) is 1. The van der Waals surface area contributed by atoms with Crippen molar-refractivity contribution in [1.29, 1.82) is 0 Å². The number of anilines is 1. The molecule has 2 fully saturated rings. The molecule has 0 radical (unpaired) electrons. The molecular weight excluding hydrogens is 476 g/mol. The maximum atomic E-state index is 13.2. The zero-order valence-corrected chi connectivity index (χ0v) is 21.6. The summed E-state index contributed by atoms with van der Waals surface area (Å²) in [6.45, 7) is 6.37. The minimum Gasteiger partial charge on any atom is -0.497 e. The minimum absolute atomic E-state index is 0.00843. The van der Waals surface area contributed by atoms with Crippen LogP contribution in [0.1, 0.15) is 50.1 Å². The summed E-state index contributed by atoms with van der Waals surface area (Å²) in [5, 5.41) is 0.331. The van der Waals surface area contributed by atoms with Gasteiger partial charge >= 0.3 is 5.97 Å². The fourth-order valence-electron chi connectivity index (χ4n) is 6.29. The highest BCUT2D eigenvalue weighted by atomic mass is 32.2. The van der Waals surface area contributed by atoms with E-state index in [4.69, 9.17) is 19.2 Å². The second-order valence-electron chi connectivity index (χ2n) is 9.99. The van der Waals surface area contributed by atoms with Gasteiger partial charge in [-0.3, -0.25) is 9.52 Å². The Kier molecular flexibility index (Phi) is 5.59. The van der Waals surface area contributed by atoms with Crippen molar-refractivity contribution in [3.63, 3.8) is 0 Å². The first kappa shape index (κ1) is 23.4. The zero-order valence-electron chi connectivity index (χ0n) is 20.0. The van der Waals surface area contributed by atoms with Crippen molar-refractivity contribution in [2.75, 3.05) is 18.9 Å². The third-order valence-corrected chi connectivity index (χ3v) is 10.5. The molecule has 1 aromatic carbocycles. The zero-order chi connectivity index (χ0) is 24.4. The Labute approximate surface area is 204 Å². The summed E-state index contributed by atoms with van der Waals surface area (Å²) >= 11 is 1.38. The van der Waals surface area contributed by atoms with Gasteiger partial charge in [0.05, 0.1) is 25.8 Å². The molecule has 0 amide bonds. The Hall–Kier alpha value is -2.33. The Morgan fingerprint density at radius 3 is 2.68 bits per heavy atom. The van der Waals surface area contributed by atoms with Crippen LogP contribution in [0.5, 0.6) is 11.5 Å². The highest BCUT2D eigenvalue weighted by molar-refractivity contribution is 7.93. The van der Waals surface area contributed by atoms with E-state index in [0.29, 0.717) is 10.9 Å². The van der Waals surface area contributed by atoms with Crippen LogP contribution in [-0.4, -0.2) is 39.7 Å². The molecule has 1 aromatic heterocycles. The van der Waals surface area contributed by atoms with E-state index in [-0.39, 0.29) is 51.8 Å². The van der Waals surface area contributed by atoms with Crippen LogP contribution in [0.2, 0.25) is 0 Å². The lowest BCUT2D eigenvalue weighted by Gasteiger charge is -2.51. The van der Waals surface area contributed by atoms with E-state index in [1.807, 2.05) is 6.92 Å². The fraction of sp³-hybridized carbons (Fsp3) is 0.583. The lowest BCUT2D eigenvalue weighted by Crippen LogP contribution is -2.50. The SMILES string of the molecule is COc1ccc(OC)c(S(=O)(=O)Nc2nc3c(s2)CC2(C)CCC4C(C)C(=O)OC4C2C3C)c1. The minimum atomic E-state index is -3.95. The Balaban J connectivity index is 1.47. The summed E-state index contributed by atoms with van der Waals surface area (Å²) in [6, 6.07) is 4.64. The van der Waals surface area contributed by atoms with Gasteiger partial charge < -0.3 is 14.2 Å². The van der Waals surface area contributed by atoms with Gasteiger partial charge in [-0.1, -0.05) is 20.8 Å². The number of ether oxygens (including phenoxy) is 3. The van der Waals surface area contributed by atoms with Crippen molar-refractivity contribution in [3.8, 4) is 11.5 Å². The van der Waals surface area contributed by atoms with Gasteiger partial charge in [-0.2, -0.15) is 0 Å². The number of hydrogen-bond acceptors (Lipinski definition) is 8. The Morgan fingerprint density at radius 1 is 1.21 bits per heavy atom. The summed E-state index contributed by atoms with van der Waals surface area (Å²) < 4.78 is 45.5. The van der Waals surface area contributed by atoms with E-state index in [0.717, 1.165) is 29.8 Å². The van der Waals surface area contributed by atoms with Gasteiger partial charge in [0, 0.05) is 28.7 Å². The predicted molar refractivity (Wildman–Crippen MR) is 128 cm³/mol. The van der Waals surface area contributed by atoms with Crippen molar-refractivity contribution < 1.29 is 27.4 Å². The average molecular weight is 507 g/mol. The maximum Gasteiger partial charge on any atom is 0.309 e. The van der Waals surface area contributed by atoms with Crippen LogP contribution in [-0.2, 0) is 26.0 Å². The van der Waals surface area contributed by atoms with Crippen LogP contribution in [0, 0.1) is 23.2 Å². The van der Waals surface area contributed by atoms with Crippen molar-refractivity contribution in [3.05, 3.63) is 28.8 Å². The number of nitrogens with zero attached hydrogens (tertiary/aromatic N) is 1. The maximum absolute atomic E-state index is 13.2. The second kappa shape index (κ2) is 8.12. The second-order valence-corrected chi connectivity index (χ2v) is 12.7. The third kappa shape index (κ3) is 3.57. The molecule has 2 heterocycles. The van der Waals surface area contributed by atoms with Crippen LogP contribution < -0.4 is 14.2 Å². The lowest BCUT2D eigenvalue weighted by atomic mass is 9.54. The highest BCUT2D eigenvalue weighted by Gasteiger charge is 2.58. The molecule has 6 atom stereocenters. The number of aromatic nitrogens is 1. The number of thiazole rings is 1. The molecule has 184 valence electrons. The predicted octanol–water partition coefficient (Wildman–Crippen LogP) is 4.21. The molecule has 3 aliphatic rings. The van der Waals surface area contributed by atoms with E-state index in [1.54, 1.807) is 12.1 Å². The topological polar surface area (TPSA) is 104 Å². The van der Waals surface area contributed by atoms with Gasteiger partial charge in [0.25, 0.3) is 10.0 Å². The van der Waals surface area contributed by atoms with Gasteiger partial charge in [0.1, 0.15) is 22.5 Å². The number of nitrogens with one attached hydrogen (secondary N) is 1. The highest BCUT2D eigenvalue weighted by Crippen LogP contribution is 2.59. The summed E-state index contributed by atoms with van der Waals surface area (Å²) in [5.41, 5.74) is 0.885. The number of carbonyl (C=O) groups excluding carboxylic acids is 1. The average Bonchev–Trinajstić information content (AvgIpc) is 3.31. The molecule has 34 heavy (non-hydrogen) atoms. The van der Waals surface area contributed by atoms with E-state index >= 15 is 0 Å². The number of carbonyl (C=O) groups is 1. The molecule has 1 saturated heterocycles. The molecular formula is C24H30N2O6S2. The van der Waals surface area contributed by atoms with E-state index < -0.39 is 10.0 Å². The standard InChI is InChI=1S/C24H30N2O6S2/c1-12-15-8-9-24(3)11-17-20(13(2)19(24)21(15)32-22(12)27)25-23(33-17)26-34(28,29)18-10-14(30-4)6-7-16(18)31-5/h6-7,10,12-13,15,19,21H,8-9,11H2,1-5H3,(H,25,26). The van der Waals surface area contributed by atoms with Crippen molar-refractivity contribution >= 4 is 32.5 Å². The van der Waals surface area contributed by atoms with E-state index in [1.165, 1.54) is 31.6 Å². The summed E-state index contributed by atoms with van der Waals surface area (Å²) in [7, 11) is -1.04. The van der Waals surface area contributed by atoms with Gasteiger partial charge in [-0.05, 0) is 36.8 Å². The number of benzene rings is 1. The number of esters is 1. The van der Waals surface area contributed by atoms with Crippen molar-refractivity contribution in [2.45, 2.75) is 57.0 Å². The van der Waals surface area contributed by atoms with Crippen LogP contribution >= 0.6 is 11.3 Å². The summed E-state index contributed by atoms with van der Waals surface area (Å²) in [4.78, 5) is 18.2. The Bertz CT molecular complexity index is 1240. The largest absolute Gasteiger partial charge is 0.497 e. The quantitative estimate of drug-likeness (QED) is 0.606. The van der Waals surface area contributed by atoms with Gasteiger partial charge in [0.15, 0.2) is 5.13 Å². The molecule has 6 unspecified atom stereocenters. The Morgan fingerprint density at radius 2 is 1.97 bits per heavy atom. The first-order chi connectivity index (χ1) is 16.1. The number of fused-ring (bicyclic) bond motifs is 4. The summed E-state index contributed by atoms with van der Waals surface area (Å²) in [5.74, 6) is 0.935. The molecule has 0 bridgehead atoms. The lowest BCUT2D eigenvalue weighted by molar-refractivity contribution is -0.149. The van der Waals surface area contributed by atoms with Crippen LogP contribution in [0.3, 0.4) is 0 Å². The number of sulfonamides is 1. The monoisotopic (exact) mass is 506 g/mol. The molecule has 1 aliphatic heterocycles. The fourth-order valence-corrected chi connectivity index (χ4v) is 8.97. The molecule has 1 saturated carbocycles. The first-order valence-electron chi connectivity index (χ1n) is 11.5.